The molecule has 2 N–H and O–H groups in total. The normalized spacial score (nSPS) is 16.5. The van der Waals surface area contributed by atoms with Crippen molar-refractivity contribution in [3.63, 3.8) is 0 Å². The Balaban J connectivity index is 1.72. The van der Waals surface area contributed by atoms with Crippen molar-refractivity contribution in [2.45, 2.75) is 6.92 Å². The highest BCUT2D eigenvalue weighted by Crippen LogP contribution is 2.28. The molecule has 7 heteroatoms. The molecule has 0 atom stereocenters. The number of thioether (sulfide) groups is 1. The second-order valence-electron chi connectivity index (χ2n) is 6.20. The number of rotatable bonds is 4. The van der Waals surface area contributed by atoms with Crippen molar-refractivity contribution in [3.8, 4) is 0 Å². The highest BCUT2D eigenvalue weighted by Gasteiger charge is 2.23. The van der Waals surface area contributed by atoms with E-state index in [2.05, 4.69) is 15.6 Å². The molecule has 1 saturated heterocycles. The molecule has 6 nitrogen and oxygen atoms in total. The topological polar surface area (TPSA) is 73.8 Å². The van der Waals surface area contributed by atoms with Crippen LogP contribution < -0.4 is 15.5 Å². The number of benzene rings is 2. The van der Waals surface area contributed by atoms with Gasteiger partial charge in [-0.25, -0.2) is 4.99 Å². The van der Waals surface area contributed by atoms with Gasteiger partial charge in [0.1, 0.15) is 0 Å². The van der Waals surface area contributed by atoms with Crippen molar-refractivity contribution in [1.29, 1.82) is 0 Å². The molecule has 0 saturated carbocycles. The van der Waals surface area contributed by atoms with Crippen LogP contribution in [0.25, 0.3) is 6.08 Å². The van der Waals surface area contributed by atoms with Gasteiger partial charge in [-0.05, 0) is 59.8 Å². The van der Waals surface area contributed by atoms with Crippen LogP contribution in [0.2, 0.25) is 0 Å². The number of hydrogen-bond acceptors (Lipinski definition) is 5. The third-order valence-corrected chi connectivity index (χ3v) is 4.69. The molecule has 2 aromatic carbocycles. The number of carbonyl (C=O) groups excluding carboxylic acids is 2. The van der Waals surface area contributed by atoms with Crippen LogP contribution in [0.15, 0.2) is 58.4 Å². The van der Waals surface area contributed by atoms with Crippen LogP contribution in [0.3, 0.4) is 0 Å². The lowest BCUT2D eigenvalue weighted by Crippen LogP contribution is -2.19. The van der Waals surface area contributed by atoms with E-state index in [1.54, 1.807) is 24.3 Å². The minimum absolute atomic E-state index is 0.124. The van der Waals surface area contributed by atoms with E-state index in [9.17, 15) is 9.59 Å². The number of carbonyl (C=O) groups is 2. The Kier molecular flexibility index (Phi) is 5.61. The molecular weight excluding hydrogens is 360 g/mol. The average Bonchev–Trinajstić information content (AvgIpc) is 2.96. The van der Waals surface area contributed by atoms with Crippen LogP contribution in [0, 0.1) is 0 Å². The zero-order valence-electron chi connectivity index (χ0n) is 15.3. The third-order valence-electron chi connectivity index (χ3n) is 3.78. The number of amides is 2. The van der Waals surface area contributed by atoms with E-state index in [4.69, 9.17) is 0 Å². The summed E-state index contributed by atoms with van der Waals surface area (Å²) in [5.41, 5.74) is 3.46. The smallest absolute Gasteiger partial charge is 0.264 e. The summed E-state index contributed by atoms with van der Waals surface area (Å²) in [7, 11) is 3.97. The Morgan fingerprint density at radius 1 is 1.11 bits per heavy atom. The second kappa shape index (κ2) is 8.09. The molecular formula is C20H20N4O2S. The predicted octanol–water partition coefficient (Wildman–Crippen LogP) is 3.60. The molecule has 0 bridgehead atoms. The molecule has 0 aromatic heterocycles. The van der Waals surface area contributed by atoms with Crippen LogP contribution in [0.1, 0.15) is 12.5 Å². The second-order valence-corrected chi connectivity index (χ2v) is 7.23. The Bertz CT molecular complexity index is 916. The fourth-order valence-electron chi connectivity index (χ4n) is 2.44. The number of amidine groups is 1. The van der Waals surface area contributed by atoms with Crippen LogP contribution in [-0.2, 0) is 9.59 Å². The molecule has 2 amide bonds. The number of aliphatic imine (C=N–C) groups is 1. The van der Waals surface area contributed by atoms with Gasteiger partial charge in [0.05, 0.1) is 10.6 Å². The molecule has 0 radical (unpaired) electrons. The highest BCUT2D eigenvalue weighted by atomic mass is 32.2. The van der Waals surface area contributed by atoms with Crippen molar-refractivity contribution in [2.75, 3.05) is 24.3 Å². The standard InChI is InChI=1S/C20H20N4O2S/c1-13(25)21-15-6-8-16(9-7-15)22-20-23-19(26)18(27-20)12-14-4-10-17(11-5-14)24(2)3/h4-12H,1-3H3,(H,21,25)(H,22,23,26)/b18-12-. The largest absolute Gasteiger partial charge is 0.378 e. The Labute approximate surface area is 162 Å². The maximum absolute atomic E-state index is 12.2. The first-order valence-electron chi connectivity index (χ1n) is 8.35. The van der Waals surface area contributed by atoms with Gasteiger partial charge in [-0.2, -0.15) is 0 Å². The van der Waals surface area contributed by atoms with Gasteiger partial charge in [-0.15, -0.1) is 0 Å². The minimum atomic E-state index is -0.162. The van der Waals surface area contributed by atoms with Gasteiger partial charge in [0.25, 0.3) is 5.91 Å². The van der Waals surface area contributed by atoms with Crippen molar-refractivity contribution in [2.24, 2.45) is 4.99 Å². The maximum atomic E-state index is 12.2. The average molecular weight is 380 g/mol. The van der Waals surface area contributed by atoms with Crippen LogP contribution in [0.4, 0.5) is 17.1 Å². The van der Waals surface area contributed by atoms with Crippen LogP contribution in [-0.4, -0.2) is 31.1 Å². The molecule has 0 spiro atoms. The number of hydrogen-bond donors (Lipinski definition) is 2. The van der Waals surface area contributed by atoms with E-state index in [0.29, 0.717) is 21.4 Å². The first kappa shape index (κ1) is 18.7. The molecule has 1 aliphatic heterocycles. The summed E-state index contributed by atoms with van der Waals surface area (Å²) in [4.78, 5) is 30.3. The lowest BCUT2D eigenvalue weighted by atomic mass is 10.2. The number of nitrogens with one attached hydrogen (secondary N) is 2. The summed E-state index contributed by atoms with van der Waals surface area (Å²) in [5.74, 6) is -0.286. The van der Waals surface area contributed by atoms with Gasteiger partial charge in [-0.3, -0.25) is 9.59 Å². The van der Waals surface area contributed by atoms with E-state index < -0.39 is 0 Å². The molecule has 138 valence electrons. The summed E-state index contributed by atoms with van der Waals surface area (Å²) >= 11 is 1.30. The molecule has 1 aliphatic rings. The van der Waals surface area contributed by atoms with Crippen molar-refractivity contribution in [1.82, 2.24) is 5.32 Å². The van der Waals surface area contributed by atoms with E-state index in [0.717, 1.165) is 11.3 Å². The van der Waals surface area contributed by atoms with Crippen LogP contribution >= 0.6 is 11.8 Å². The Hall–Kier alpha value is -3.06. The lowest BCUT2D eigenvalue weighted by molar-refractivity contribution is -0.115. The monoisotopic (exact) mass is 380 g/mol. The van der Waals surface area contributed by atoms with Gasteiger partial charge in [0.2, 0.25) is 5.91 Å². The van der Waals surface area contributed by atoms with E-state index in [1.165, 1.54) is 18.7 Å². The summed E-state index contributed by atoms with van der Waals surface area (Å²) in [5, 5.41) is 6.01. The number of nitrogens with zero attached hydrogens (tertiary/aromatic N) is 2. The van der Waals surface area contributed by atoms with Crippen molar-refractivity contribution >= 4 is 51.9 Å². The Morgan fingerprint density at radius 2 is 1.78 bits per heavy atom. The maximum Gasteiger partial charge on any atom is 0.264 e. The van der Waals surface area contributed by atoms with Crippen LogP contribution in [0.5, 0.6) is 0 Å². The first-order chi connectivity index (χ1) is 12.9. The molecule has 3 rings (SSSR count). The molecule has 1 heterocycles. The van der Waals surface area contributed by atoms with Crippen molar-refractivity contribution in [3.05, 3.63) is 59.0 Å². The van der Waals surface area contributed by atoms with Gasteiger partial charge in [-0.1, -0.05) is 12.1 Å². The van der Waals surface area contributed by atoms with Gasteiger partial charge in [0.15, 0.2) is 5.17 Å². The van der Waals surface area contributed by atoms with Gasteiger partial charge >= 0.3 is 0 Å². The fourth-order valence-corrected chi connectivity index (χ4v) is 3.28. The first-order valence-corrected chi connectivity index (χ1v) is 9.17. The summed E-state index contributed by atoms with van der Waals surface area (Å²) in [6.45, 7) is 1.46. The number of anilines is 2. The molecule has 1 fully saturated rings. The van der Waals surface area contributed by atoms with E-state index in [1.807, 2.05) is 49.3 Å². The van der Waals surface area contributed by atoms with Crippen molar-refractivity contribution < 1.29 is 9.59 Å². The highest BCUT2D eigenvalue weighted by molar-refractivity contribution is 8.18. The fraction of sp³-hybridized carbons (Fsp3) is 0.150. The lowest BCUT2D eigenvalue weighted by Gasteiger charge is -2.11. The molecule has 0 unspecified atom stereocenters. The van der Waals surface area contributed by atoms with Gasteiger partial charge < -0.3 is 15.5 Å². The molecule has 27 heavy (non-hydrogen) atoms. The minimum Gasteiger partial charge on any atom is -0.378 e. The third kappa shape index (κ3) is 4.98. The zero-order valence-corrected chi connectivity index (χ0v) is 16.1. The SMILES string of the molecule is CC(=O)Nc1ccc(N=C2NC(=O)/C(=C/c3ccc(N(C)C)cc3)S2)cc1. The Morgan fingerprint density at radius 3 is 2.37 bits per heavy atom. The summed E-state index contributed by atoms with van der Waals surface area (Å²) in [6.07, 6.45) is 1.85. The summed E-state index contributed by atoms with van der Waals surface area (Å²) in [6, 6.07) is 15.1. The predicted molar refractivity (Wildman–Crippen MR) is 112 cm³/mol. The van der Waals surface area contributed by atoms with Gasteiger partial charge in [0, 0.05) is 32.4 Å². The summed E-state index contributed by atoms with van der Waals surface area (Å²) < 4.78 is 0. The molecule has 2 aromatic rings. The molecule has 0 aliphatic carbocycles. The zero-order chi connectivity index (χ0) is 19.4. The van der Waals surface area contributed by atoms with E-state index in [-0.39, 0.29) is 11.8 Å². The quantitative estimate of drug-likeness (QED) is 0.795. The van der Waals surface area contributed by atoms with E-state index >= 15 is 0 Å².